The first-order chi connectivity index (χ1) is 11.5. The van der Waals surface area contributed by atoms with Gasteiger partial charge in [-0.3, -0.25) is 9.69 Å². The summed E-state index contributed by atoms with van der Waals surface area (Å²) in [5.74, 6) is 0.296. The standard InChI is InChI=1S/C20H31N3O/c1-16-6-5-7-17(14-16)15-22-10-12-23(13-11-22)19(24)18-8-3-4-9-20(18,2)21/h5-7,14,18H,3-4,8-13,15,21H2,1-2H3. The highest BCUT2D eigenvalue weighted by atomic mass is 16.2. The molecule has 2 fully saturated rings. The molecular formula is C20H31N3O. The first-order valence-corrected chi connectivity index (χ1v) is 9.31. The smallest absolute Gasteiger partial charge is 0.227 e. The molecule has 1 aromatic rings. The van der Waals surface area contributed by atoms with Crippen molar-refractivity contribution in [3.8, 4) is 0 Å². The van der Waals surface area contributed by atoms with Gasteiger partial charge in [-0.1, -0.05) is 42.7 Å². The van der Waals surface area contributed by atoms with Crippen molar-refractivity contribution in [2.24, 2.45) is 11.7 Å². The Morgan fingerprint density at radius 3 is 2.67 bits per heavy atom. The lowest BCUT2D eigenvalue weighted by Gasteiger charge is -2.42. The van der Waals surface area contributed by atoms with Crippen LogP contribution in [-0.2, 0) is 11.3 Å². The molecule has 1 aliphatic heterocycles. The number of carbonyl (C=O) groups is 1. The first kappa shape index (κ1) is 17.4. The van der Waals surface area contributed by atoms with E-state index in [1.54, 1.807) is 0 Å². The fourth-order valence-electron chi connectivity index (χ4n) is 4.18. The van der Waals surface area contributed by atoms with Gasteiger partial charge in [-0.05, 0) is 32.3 Å². The van der Waals surface area contributed by atoms with Crippen molar-refractivity contribution in [2.75, 3.05) is 26.2 Å². The summed E-state index contributed by atoms with van der Waals surface area (Å²) in [6.45, 7) is 8.73. The molecule has 1 saturated heterocycles. The second kappa shape index (κ2) is 7.24. The van der Waals surface area contributed by atoms with Gasteiger partial charge in [-0.15, -0.1) is 0 Å². The van der Waals surface area contributed by atoms with Gasteiger partial charge in [-0.25, -0.2) is 0 Å². The predicted octanol–water partition coefficient (Wildman–Crippen LogP) is 2.55. The molecule has 0 spiro atoms. The SMILES string of the molecule is Cc1cccc(CN2CCN(C(=O)C3CCCCC3(C)N)CC2)c1. The lowest BCUT2D eigenvalue weighted by Crippen LogP contribution is -2.57. The van der Waals surface area contributed by atoms with Crippen molar-refractivity contribution in [3.63, 3.8) is 0 Å². The number of hydrogen-bond donors (Lipinski definition) is 1. The van der Waals surface area contributed by atoms with E-state index in [0.29, 0.717) is 0 Å². The number of nitrogens with zero attached hydrogens (tertiary/aromatic N) is 2. The molecule has 1 heterocycles. The summed E-state index contributed by atoms with van der Waals surface area (Å²) in [5, 5.41) is 0. The van der Waals surface area contributed by atoms with Crippen LogP contribution in [0, 0.1) is 12.8 Å². The van der Waals surface area contributed by atoms with E-state index < -0.39 is 0 Å². The molecule has 2 atom stereocenters. The number of nitrogens with two attached hydrogens (primary N) is 1. The second-order valence-corrected chi connectivity index (χ2v) is 7.89. The number of hydrogen-bond acceptors (Lipinski definition) is 3. The first-order valence-electron chi connectivity index (χ1n) is 9.31. The van der Waals surface area contributed by atoms with Crippen molar-refractivity contribution >= 4 is 5.91 Å². The predicted molar refractivity (Wildman–Crippen MR) is 97.6 cm³/mol. The van der Waals surface area contributed by atoms with Crippen LogP contribution in [0.15, 0.2) is 24.3 Å². The highest BCUT2D eigenvalue weighted by molar-refractivity contribution is 5.80. The lowest BCUT2D eigenvalue weighted by atomic mass is 9.74. The maximum absolute atomic E-state index is 12.9. The van der Waals surface area contributed by atoms with E-state index in [4.69, 9.17) is 5.73 Å². The number of aryl methyl sites for hydroxylation is 1. The summed E-state index contributed by atoms with van der Waals surface area (Å²) >= 11 is 0. The minimum absolute atomic E-state index is 0.00886. The maximum atomic E-state index is 12.9. The van der Waals surface area contributed by atoms with E-state index >= 15 is 0 Å². The second-order valence-electron chi connectivity index (χ2n) is 7.89. The van der Waals surface area contributed by atoms with E-state index in [0.717, 1.165) is 58.4 Å². The molecule has 2 N–H and O–H groups in total. The molecule has 4 heteroatoms. The quantitative estimate of drug-likeness (QED) is 0.927. The van der Waals surface area contributed by atoms with Crippen LogP contribution in [0.25, 0.3) is 0 Å². The van der Waals surface area contributed by atoms with Crippen LogP contribution in [0.5, 0.6) is 0 Å². The Morgan fingerprint density at radius 2 is 2.00 bits per heavy atom. The Morgan fingerprint density at radius 1 is 1.25 bits per heavy atom. The fraction of sp³-hybridized carbons (Fsp3) is 0.650. The molecule has 1 aliphatic carbocycles. The summed E-state index contributed by atoms with van der Waals surface area (Å²) in [6.07, 6.45) is 4.21. The van der Waals surface area contributed by atoms with Gasteiger partial charge in [0.05, 0.1) is 5.92 Å². The zero-order chi connectivity index (χ0) is 17.2. The third-order valence-corrected chi connectivity index (χ3v) is 5.73. The summed E-state index contributed by atoms with van der Waals surface area (Å²) in [7, 11) is 0. The summed E-state index contributed by atoms with van der Waals surface area (Å²) in [5.41, 5.74) is 8.75. The number of carbonyl (C=O) groups excluding carboxylic acids is 1. The Hall–Kier alpha value is -1.39. The number of rotatable bonds is 3. The van der Waals surface area contributed by atoms with Gasteiger partial charge in [0, 0.05) is 38.3 Å². The zero-order valence-corrected chi connectivity index (χ0v) is 15.1. The molecule has 132 valence electrons. The highest BCUT2D eigenvalue weighted by Gasteiger charge is 2.40. The normalized spacial score (nSPS) is 28.8. The van der Waals surface area contributed by atoms with E-state index in [2.05, 4.69) is 43.0 Å². The Bertz CT molecular complexity index is 576. The number of amides is 1. The Kier molecular flexibility index (Phi) is 5.26. The van der Waals surface area contributed by atoms with Gasteiger partial charge in [0.15, 0.2) is 0 Å². The van der Waals surface area contributed by atoms with Crippen molar-refractivity contribution in [1.29, 1.82) is 0 Å². The van der Waals surface area contributed by atoms with Crippen LogP contribution < -0.4 is 5.73 Å². The van der Waals surface area contributed by atoms with Gasteiger partial charge in [-0.2, -0.15) is 0 Å². The van der Waals surface area contributed by atoms with E-state index in [1.807, 2.05) is 4.90 Å². The Balaban J connectivity index is 1.54. The number of benzene rings is 1. The summed E-state index contributed by atoms with van der Waals surface area (Å²) in [4.78, 5) is 17.4. The molecule has 1 aromatic carbocycles. The van der Waals surface area contributed by atoms with Crippen molar-refractivity contribution < 1.29 is 4.79 Å². The van der Waals surface area contributed by atoms with Crippen LogP contribution in [0.3, 0.4) is 0 Å². The molecular weight excluding hydrogens is 298 g/mol. The van der Waals surface area contributed by atoms with E-state index in [1.165, 1.54) is 11.1 Å². The zero-order valence-electron chi connectivity index (χ0n) is 15.1. The average molecular weight is 329 g/mol. The fourth-order valence-corrected chi connectivity index (χ4v) is 4.18. The third kappa shape index (κ3) is 3.98. The van der Waals surface area contributed by atoms with Crippen LogP contribution in [0.1, 0.15) is 43.7 Å². The van der Waals surface area contributed by atoms with Crippen molar-refractivity contribution in [1.82, 2.24) is 9.80 Å². The molecule has 2 unspecified atom stereocenters. The van der Waals surface area contributed by atoms with Crippen LogP contribution >= 0.6 is 0 Å². The van der Waals surface area contributed by atoms with Crippen molar-refractivity contribution in [2.45, 2.75) is 51.6 Å². The van der Waals surface area contributed by atoms with Crippen molar-refractivity contribution in [3.05, 3.63) is 35.4 Å². The van der Waals surface area contributed by atoms with Crippen LogP contribution in [0.2, 0.25) is 0 Å². The van der Waals surface area contributed by atoms with Gasteiger partial charge >= 0.3 is 0 Å². The highest BCUT2D eigenvalue weighted by Crippen LogP contribution is 2.33. The summed E-state index contributed by atoms with van der Waals surface area (Å²) < 4.78 is 0. The molecule has 1 amide bonds. The van der Waals surface area contributed by atoms with Gasteiger partial charge in [0.25, 0.3) is 0 Å². The molecule has 24 heavy (non-hydrogen) atoms. The topological polar surface area (TPSA) is 49.6 Å². The van der Waals surface area contributed by atoms with Gasteiger partial charge < -0.3 is 10.6 Å². The van der Waals surface area contributed by atoms with E-state index in [-0.39, 0.29) is 17.4 Å². The summed E-state index contributed by atoms with van der Waals surface area (Å²) in [6, 6.07) is 8.69. The van der Waals surface area contributed by atoms with Crippen LogP contribution in [0.4, 0.5) is 0 Å². The monoisotopic (exact) mass is 329 g/mol. The molecule has 4 nitrogen and oxygen atoms in total. The molecule has 0 radical (unpaired) electrons. The maximum Gasteiger partial charge on any atom is 0.227 e. The largest absolute Gasteiger partial charge is 0.340 e. The van der Waals surface area contributed by atoms with Gasteiger partial charge in [0.2, 0.25) is 5.91 Å². The molecule has 1 saturated carbocycles. The minimum atomic E-state index is -0.325. The Labute approximate surface area is 146 Å². The molecule has 0 bridgehead atoms. The average Bonchev–Trinajstić information content (AvgIpc) is 2.55. The van der Waals surface area contributed by atoms with Gasteiger partial charge in [0.1, 0.15) is 0 Å². The molecule has 0 aromatic heterocycles. The molecule has 3 rings (SSSR count). The molecule has 2 aliphatic rings. The third-order valence-electron chi connectivity index (χ3n) is 5.73. The minimum Gasteiger partial charge on any atom is -0.340 e. The van der Waals surface area contributed by atoms with E-state index in [9.17, 15) is 4.79 Å². The lowest BCUT2D eigenvalue weighted by molar-refractivity contribution is -0.140. The number of piperazine rings is 1. The van der Waals surface area contributed by atoms with Crippen LogP contribution in [-0.4, -0.2) is 47.4 Å².